The van der Waals surface area contributed by atoms with Crippen LogP contribution in [0.2, 0.25) is 0 Å². The number of carbonyl (C=O) groups excluding carboxylic acids is 1. The molecule has 0 unspecified atom stereocenters. The van der Waals surface area contributed by atoms with Gasteiger partial charge in [-0.25, -0.2) is 18.1 Å². The summed E-state index contributed by atoms with van der Waals surface area (Å²) in [5, 5.41) is 15.5. The van der Waals surface area contributed by atoms with Crippen LogP contribution in [0, 0.1) is 0 Å². The van der Waals surface area contributed by atoms with E-state index in [-0.39, 0.29) is 16.3 Å². The van der Waals surface area contributed by atoms with Crippen LogP contribution in [-0.4, -0.2) is 45.5 Å². The number of pyridine rings is 1. The molecule has 0 aliphatic carbocycles. The van der Waals surface area contributed by atoms with Gasteiger partial charge in [-0.05, 0) is 19.9 Å². The van der Waals surface area contributed by atoms with Gasteiger partial charge in [-0.1, -0.05) is 41.7 Å². The molecule has 0 saturated carbocycles. The molecule has 1 aromatic carbocycles. The Morgan fingerprint density at radius 3 is 2.52 bits per heavy atom. The van der Waals surface area contributed by atoms with E-state index in [0.29, 0.717) is 22.3 Å². The lowest BCUT2D eigenvalue weighted by atomic mass is 10.1. The van der Waals surface area contributed by atoms with Crippen LogP contribution in [0.5, 0.6) is 0 Å². The number of anilines is 2. The minimum Gasteiger partial charge on any atom is -0.296 e. The number of nitrogens with one attached hydrogen (secondary N) is 2. The van der Waals surface area contributed by atoms with Crippen LogP contribution >= 0.6 is 11.3 Å². The second kappa shape index (κ2) is 8.04. The third-order valence-corrected chi connectivity index (χ3v) is 5.74. The van der Waals surface area contributed by atoms with E-state index < -0.39 is 15.9 Å². The summed E-state index contributed by atoms with van der Waals surface area (Å²) in [6, 6.07) is 11.3. The summed E-state index contributed by atoms with van der Waals surface area (Å²) in [5.74, 6) is -0.421. The van der Waals surface area contributed by atoms with Gasteiger partial charge in [0.05, 0.1) is 29.1 Å². The highest BCUT2D eigenvalue weighted by atomic mass is 32.2. The zero-order valence-corrected chi connectivity index (χ0v) is 18.5. The van der Waals surface area contributed by atoms with E-state index >= 15 is 0 Å². The van der Waals surface area contributed by atoms with E-state index in [1.165, 1.54) is 0 Å². The number of amides is 1. The minimum absolute atomic E-state index is 0.0553. The molecule has 4 rings (SSSR count). The normalized spacial score (nSPS) is 11.7. The zero-order chi connectivity index (χ0) is 22.2. The average molecular weight is 458 g/mol. The second-order valence-electron chi connectivity index (χ2n) is 7.08. The third kappa shape index (κ3) is 4.54. The molecule has 0 spiro atoms. The number of aromatic nitrogens is 5. The van der Waals surface area contributed by atoms with Crippen LogP contribution in [-0.2, 0) is 10.0 Å². The van der Waals surface area contributed by atoms with E-state index in [9.17, 15) is 13.2 Å². The Morgan fingerprint density at radius 1 is 1.13 bits per heavy atom. The molecule has 4 aromatic rings. The molecule has 0 saturated heterocycles. The summed E-state index contributed by atoms with van der Waals surface area (Å²) in [6.45, 7) is 3.97. The molecular formula is C19H19N7O3S2. The molecule has 12 heteroatoms. The first-order chi connectivity index (χ1) is 14.7. The van der Waals surface area contributed by atoms with Gasteiger partial charge in [-0.2, -0.15) is 5.10 Å². The highest BCUT2D eigenvalue weighted by Crippen LogP contribution is 2.28. The third-order valence-electron chi connectivity index (χ3n) is 4.29. The average Bonchev–Trinajstić information content (AvgIpc) is 3.33. The summed E-state index contributed by atoms with van der Waals surface area (Å²) in [4.78, 5) is 17.8. The van der Waals surface area contributed by atoms with Crippen molar-refractivity contribution in [3.63, 3.8) is 0 Å². The van der Waals surface area contributed by atoms with E-state index in [2.05, 4.69) is 25.3 Å². The maximum absolute atomic E-state index is 13.1. The molecule has 0 radical (unpaired) electrons. The first-order valence-corrected chi connectivity index (χ1v) is 12.0. The van der Waals surface area contributed by atoms with Gasteiger partial charge in [0.25, 0.3) is 5.91 Å². The quantitative estimate of drug-likeness (QED) is 0.454. The number of rotatable bonds is 6. The van der Waals surface area contributed by atoms with Crippen molar-refractivity contribution in [2.75, 3.05) is 16.3 Å². The standard InChI is InChI=1S/C19H19N7O3S2/c1-11(2)26-16-14(10-20-26)13(9-15(21-16)12-7-5-4-6-8-12)17(27)22-18-23-24-19(30-18)25-31(3,28)29/h4-11H,1-3H3,(H,24,25)(H,22,23,27). The molecule has 2 N–H and O–H groups in total. The number of benzene rings is 1. The summed E-state index contributed by atoms with van der Waals surface area (Å²) >= 11 is 0.918. The van der Waals surface area contributed by atoms with Gasteiger partial charge in [0.2, 0.25) is 20.3 Å². The van der Waals surface area contributed by atoms with Crippen molar-refractivity contribution in [3.8, 4) is 11.3 Å². The largest absolute Gasteiger partial charge is 0.296 e. The smallest absolute Gasteiger partial charge is 0.258 e. The monoisotopic (exact) mass is 457 g/mol. The number of fused-ring (bicyclic) bond motifs is 1. The predicted molar refractivity (Wildman–Crippen MR) is 120 cm³/mol. The summed E-state index contributed by atoms with van der Waals surface area (Å²) < 4.78 is 26.7. The van der Waals surface area contributed by atoms with E-state index in [4.69, 9.17) is 4.98 Å². The highest BCUT2D eigenvalue weighted by Gasteiger charge is 2.20. The first kappa shape index (κ1) is 20.9. The zero-order valence-electron chi connectivity index (χ0n) is 16.9. The molecule has 160 valence electrons. The molecule has 0 aliphatic rings. The van der Waals surface area contributed by atoms with Crippen LogP contribution in [0.15, 0.2) is 42.6 Å². The van der Waals surface area contributed by atoms with E-state index in [0.717, 1.165) is 23.2 Å². The number of sulfonamides is 1. The van der Waals surface area contributed by atoms with Gasteiger partial charge < -0.3 is 0 Å². The number of nitrogens with zero attached hydrogens (tertiary/aromatic N) is 5. The van der Waals surface area contributed by atoms with Crippen molar-refractivity contribution < 1.29 is 13.2 Å². The molecule has 0 aliphatic heterocycles. The van der Waals surface area contributed by atoms with Gasteiger partial charge in [0.15, 0.2) is 5.65 Å². The number of hydrogen-bond acceptors (Lipinski definition) is 8. The molecule has 3 aromatic heterocycles. The molecule has 0 bridgehead atoms. The molecule has 1 amide bonds. The Morgan fingerprint density at radius 2 is 1.84 bits per heavy atom. The SMILES string of the molecule is CC(C)n1ncc2c(C(=O)Nc3nnc(NS(C)(=O)=O)s3)cc(-c3ccccc3)nc21. The van der Waals surface area contributed by atoms with Crippen molar-refractivity contribution in [3.05, 3.63) is 48.2 Å². The Bertz CT molecular complexity index is 1360. The van der Waals surface area contributed by atoms with Crippen molar-refractivity contribution in [2.24, 2.45) is 0 Å². The van der Waals surface area contributed by atoms with E-state index in [1.54, 1.807) is 16.9 Å². The molecule has 10 nitrogen and oxygen atoms in total. The van der Waals surface area contributed by atoms with Gasteiger partial charge in [0, 0.05) is 11.6 Å². The Balaban J connectivity index is 1.74. The van der Waals surface area contributed by atoms with Crippen molar-refractivity contribution >= 4 is 48.6 Å². The summed E-state index contributed by atoms with van der Waals surface area (Å²) in [6.07, 6.45) is 2.63. The van der Waals surface area contributed by atoms with Gasteiger partial charge in [0.1, 0.15) is 0 Å². The topological polar surface area (TPSA) is 132 Å². The van der Waals surface area contributed by atoms with Crippen LogP contribution in [0.1, 0.15) is 30.2 Å². The van der Waals surface area contributed by atoms with Crippen LogP contribution in [0.25, 0.3) is 22.3 Å². The number of carbonyl (C=O) groups is 1. The summed E-state index contributed by atoms with van der Waals surface area (Å²) in [5.41, 5.74) is 2.48. The molecule has 31 heavy (non-hydrogen) atoms. The number of hydrogen-bond donors (Lipinski definition) is 2. The van der Waals surface area contributed by atoms with E-state index in [1.807, 2.05) is 44.2 Å². The molecule has 0 atom stereocenters. The fraction of sp³-hybridized carbons (Fsp3) is 0.211. The lowest BCUT2D eigenvalue weighted by Gasteiger charge is -2.10. The fourth-order valence-corrected chi connectivity index (χ4v) is 4.45. The van der Waals surface area contributed by atoms with Crippen molar-refractivity contribution in [1.82, 2.24) is 25.0 Å². The maximum atomic E-state index is 13.1. The Kier molecular flexibility index (Phi) is 5.41. The Hall–Kier alpha value is -3.38. The van der Waals surface area contributed by atoms with Gasteiger partial charge in [-0.15, -0.1) is 10.2 Å². The van der Waals surface area contributed by atoms with Crippen LogP contribution < -0.4 is 10.0 Å². The van der Waals surface area contributed by atoms with Crippen LogP contribution in [0.4, 0.5) is 10.3 Å². The summed E-state index contributed by atoms with van der Waals surface area (Å²) in [7, 11) is -3.49. The Labute approximate surface area is 182 Å². The first-order valence-electron chi connectivity index (χ1n) is 9.27. The van der Waals surface area contributed by atoms with Crippen LogP contribution in [0.3, 0.4) is 0 Å². The highest BCUT2D eigenvalue weighted by molar-refractivity contribution is 7.92. The molecular weight excluding hydrogens is 438 g/mol. The van der Waals surface area contributed by atoms with Crippen molar-refractivity contribution in [2.45, 2.75) is 19.9 Å². The second-order valence-corrected chi connectivity index (χ2v) is 9.81. The lowest BCUT2D eigenvalue weighted by molar-refractivity contribution is 0.102. The predicted octanol–water partition coefficient (Wildman–Crippen LogP) is 3.15. The fourth-order valence-electron chi connectivity index (χ4n) is 2.98. The molecule has 0 fully saturated rings. The lowest BCUT2D eigenvalue weighted by Crippen LogP contribution is -2.13. The van der Waals surface area contributed by atoms with Crippen molar-refractivity contribution in [1.29, 1.82) is 0 Å². The molecule has 3 heterocycles. The van der Waals surface area contributed by atoms with Gasteiger partial charge in [-0.3, -0.25) is 14.8 Å². The minimum atomic E-state index is -3.49. The van der Waals surface area contributed by atoms with Gasteiger partial charge >= 0.3 is 0 Å². The maximum Gasteiger partial charge on any atom is 0.258 e.